The second-order valence-corrected chi connectivity index (χ2v) is 9.15. The molecule has 1 aliphatic heterocycles. The number of hydrogen-bond acceptors (Lipinski definition) is 4. The van der Waals surface area contributed by atoms with Gasteiger partial charge in [-0.25, -0.2) is 0 Å². The second-order valence-electron chi connectivity index (χ2n) is 9.15. The number of ether oxygens (including phenoxy) is 1. The van der Waals surface area contributed by atoms with E-state index in [9.17, 15) is 0 Å². The summed E-state index contributed by atoms with van der Waals surface area (Å²) in [4.78, 5) is 9.60. The predicted octanol–water partition coefficient (Wildman–Crippen LogP) is 4.94. The lowest BCUT2D eigenvalue weighted by atomic mass is 9.88. The number of hydrogen-bond donors (Lipinski definition) is 1. The van der Waals surface area contributed by atoms with Crippen LogP contribution in [-0.2, 0) is 18.4 Å². The molecule has 0 aliphatic carbocycles. The molecule has 3 aromatic rings. The van der Waals surface area contributed by atoms with E-state index in [1.807, 2.05) is 12.3 Å². The summed E-state index contributed by atoms with van der Waals surface area (Å²) < 4.78 is 6.30. The van der Waals surface area contributed by atoms with Crippen molar-refractivity contribution in [3.8, 4) is 5.75 Å². The molecular formula is C26H31N3O. The van der Waals surface area contributed by atoms with Crippen LogP contribution in [0.25, 0.3) is 0 Å². The molecule has 0 amide bonds. The fraction of sp³-hybridized carbons (Fsp3) is 0.385. The first-order chi connectivity index (χ1) is 14.4. The monoisotopic (exact) mass is 401 g/mol. The number of nitrogens with zero attached hydrogens (tertiary/aromatic N) is 2. The van der Waals surface area contributed by atoms with Crippen molar-refractivity contribution in [3.63, 3.8) is 0 Å². The van der Waals surface area contributed by atoms with Crippen molar-refractivity contribution in [1.82, 2.24) is 15.3 Å². The Kier molecular flexibility index (Phi) is 5.87. The third kappa shape index (κ3) is 4.54. The highest BCUT2D eigenvalue weighted by Crippen LogP contribution is 2.35. The van der Waals surface area contributed by atoms with E-state index in [0.29, 0.717) is 6.61 Å². The van der Waals surface area contributed by atoms with Gasteiger partial charge in [0.25, 0.3) is 0 Å². The van der Waals surface area contributed by atoms with Crippen LogP contribution in [0.4, 0.5) is 0 Å². The first kappa shape index (κ1) is 20.5. The number of benzene rings is 1. The van der Waals surface area contributed by atoms with Crippen molar-refractivity contribution in [2.45, 2.75) is 52.1 Å². The van der Waals surface area contributed by atoms with E-state index in [1.165, 1.54) is 16.7 Å². The fourth-order valence-electron chi connectivity index (χ4n) is 4.01. The summed E-state index contributed by atoms with van der Waals surface area (Å²) in [6.45, 7) is 11.0. The molecule has 4 rings (SSSR count). The molecule has 30 heavy (non-hydrogen) atoms. The van der Waals surface area contributed by atoms with Gasteiger partial charge in [0.15, 0.2) is 0 Å². The van der Waals surface area contributed by atoms with Crippen LogP contribution in [0.5, 0.6) is 5.75 Å². The Balaban J connectivity index is 1.74. The Morgan fingerprint density at radius 1 is 1.10 bits per heavy atom. The molecule has 2 aromatic heterocycles. The Morgan fingerprint density at radius 2 is 1.93 bits per heavy atom. The minimum absolute atomic E-state index is 0.0247. The van der Waals surface area contributed by atoms with Crippen molar-refractivity contribution in [1.29, 1.82) is 0 Å². The lowest BCUT2D eigenvalue weighted by Gasteiger charge is -2.24. The molecule has 0 bridgehead atoms. The van der Waals surface area contributed by atoms with E-state index in [0.717, 1.165) is 42.3 Å². The van der Waals surface area contributed by atoms with E-state index in [2.05, 4.69) is 80.5 Å². The maximum Gasteiger partial charge on any atom is 0.142 e. The van der Waals surface area contributed by atoms with Gasteiger partial charge < -0.3 is 10.1 Å². The zero-order chi connectivity index (χ0) is 21.1. The smallest absolute Gasteiger partial charge is 0.142 e. The van der Waals surface area contributed by atoms with E-state index < -0.39 is 0 Å². The molecule has 4 heteroatoms. The normalized spacial score (nSPS) is 16.6. The van der Waals surface area contributed by atoms with Crippen LogP contribution in [0.1, 0.15) is 60.5 Å². The summed E-state index contributed by atoms with van der Waals surface area (Å²) in [7, 11) is 0. The molecule has 1 unspecified atom stereocenters. The van der Waals surface area contributed by atoms with Gasteiger partial charge in [-0.05, 0) is 60.8 Å². The molecule has 0 spiro atoms. The minimum atomic E-state index is -0.0247. The van der Waals surface area contributed by atoms with Gasteiger partial charge in [0.2, 0.25) is 0 Å². The average molecular weight is 402 g/mol. The summed E-state index contributed by atoms with van der Waals surface area (Å²) in [5, 5.41) is 3.60. The Hall–Kier alpha value is -2.72. The lowest BCUT2D eigenvalue weighted by Crippen LogP contribution is -2.23. The molecule has 0 saturated heterocycles. The van der Waals surface area contributed by atoms with Crippen LogP contribution in [0.3, 0.4) is 0 Å². The van der Waals surface area contributed by atoms with Crippen molar-refractivity contribution in [3.05, 3.63) is 88.5 Å². The zero-order valence-electron chi connectivity index (χ0n) is 18.4. The molecule has 1 aliphatic rings. The van der Waals surface area contributed by atoms with Gasteiger partial charge in [-0.1, -0.05) is 45.0 Å². The van der Waals surface area contributed by atoms with Gasteiger partial charge >= 0.3 is 0 Å². The van der Waals surface area contributed by atoms with Gasteiger partial charge in [0.05, 0.1) is 11.4 Å². The molecule has 4 nitrogen and oxygen atoms in total. The van der Waals surface area contributed by atoms with Crippen LogP contribution in [0, 0.1) is 6.92 Å². The van der Waals surface area contributed by atoms with Crippen LogP contribution >= 0.6 is 0 Å². The SMILES string of the molecule is Cc1ccnc(COc2ccc(C(C)(C)C)nc2C2CNCCc3ccccc32)c1. The van der Waals surface area contributed by atoms with E-state index in [1.54, 1.807) is 0 Å². The highest BCUT2D eigenvalue weighted by atomic mass is 16.5. The predicted molar refractivity (Wildman–Crippen MR) is 121 cm³/mol. The summed E-state index contributed by atoms with van der Waals surface area (Å²) in [5.41, 5.74) is 6.92. The third-order valence-electron chi connectivity index (χ3n) is 5.68. The minimum Gasteiger partial charge on any atom is -0.485 e. The summed E-state index contributed by atoms with van der Waals surface area (Å²) >= 11 is 0. The van der Waals surface area contributed by atoms with E-state index in [-0.39, 0.29) is 11.3 Å². The first-order valence-electron chi connectivity index (χ1n) is 10.8. The quantitative estimate of drug-likeness (QED) is 0.673. The number of rotatable bonds is 4. The van der Waals surface area contributed by atoms with E-state index in [4.69, 9.17) is 9.72 Å². The van der Waals surface area contributed by atoms with E-state index >= 15 is 0 Å². The second kappa shape index (κ2) is 8.57. The molecule has 1 N–H and O–H groups in total. The van der Waals surface area contributed by atoms with Crippen LogP contribution in [0.2, 0.25) is 0 Å². The van der Waals surface area contributed by atoms with Gasteiger partial charge in [0.1, 0.15) is 12.4 Å². The largest absolute Gasteiger partial charge is 0.485 e. The molecule has 0 radical (unpaired) electrons. The standard InChI is InChI=1S/C26H31N3O/c1-18-11-14-28-20(15-18)17-30-23-9-10-24(26(2,3)4)29-25(23)22-16-27-13-12-19-7-5-6-8-21(19)22/h5-11,14-15,22,27H,12-13,16-17H2,1-4H3. The first-order valence-corrected chi connectivity index (χ1v) is 10.8. The van der Waals surface area contributed by atoms with Gasteiger partial charge in [-0.15, -0.1) is 0 Å². The highest BCUT2D eigenvalue weighted by molar-refractivity contribution is 5.44. The van der Waals surface area contributed by atoms with Crippen LogP contribution < -0.4 is 10.1 Å². The fourth-order valence-corrected chi connectivity index (χ4v) is 4.01. The molecule has 156 valence electrons. The Morgan fingerprint density at radius 3 is 2.73 bits per heavy atom. The summed E-state index contributed by atoms with van der Waals surface area (Å²) in [6.07, 6.45) is 2.87. The molecule has 1 aromatic carbocycles. The highest BCUT2D eigenvalue weighted by Gasteiger charge is 2.27. The van der Waals surface area contributed by atoms with Crippen molar-refractivity contribution >= 4 is 0 Å². The maximum atomic E-state index is 6.30. The van der Waals surface area contributed by atoms with Gasteiger partial charge in [0, 0.05) is 29.8 Å². The number of aromatic nitrogens is 2. The number of aryl methyl sites for hydroxylation is 1. The van der Waals surface area contributed by atoms with Gasteiger partial charge in [-0.3, -0.25) is 9.97 Å². The molecule has 1 atom stereocenters. The average Bonchev–Trinajstić information content (AvgIpc) is 2.94. The Labute approximate surface area is 179 Å². The van der Waals surface area contributed by atoms with Crippen LogP contribution in [-0.4, -0.2) is 23.1 Å². The molecule has 0 fully saturated rings. The number of pyridine rings is 2. The third-order valence-corrected chi connectivity index (χ3v) is 5.68. The summed E-state index contributed by atoms with van der Waals surface area (Å²) in [6, 6.07) is 17.0. The topological polar surface area (TPSA) is 47.0 Å². The number of fused-ring (bicyclic) bond motifs is 1. The Bertz CT molecular complexity index is 1020. The van der Waals surface area contributed by atoms with Crippen LogP contribution in [0.15, 0.2) is 54.7 Å². The van der Waals surface area contributed by atoms with Gasteiger partial charge in [-0.2, -0.15) is 0 Å². The number of nitrogens with one attached hydrogen (secondary N) is 1. The van der Waals surface area contributed by atoms with Crippen molar-refractivity contribution in [2.75, 3.05) is 13.1 Å². The van der Waals surface area contributed by atoms with Crippen molar-refractivity contribution < 1.29 is 4.74 Å². The lowest BCUT2D eigenvalue weighted by molar-refractivity contribution is 0.294. The molecule has 3 heterocycles. The molecular weight excluding hydrogens is 370 g/mol. The van der Waals surface area contributed by atoms with Crippen molar-refractivity contribution in [2.24, 2.45) is 0 Å². The summed E-state index contributed by atoms with van der Waals surface area (Å²) in [5.74, 6) is 1.00. The zero-order valence-corrected chi connectivity index (χ0v) is 18.4. The maximum absolute atomic E-state index is 6.30. The molecule has 0 saturated carbocycles.